The van der Waals surface area contributed by atoms with Crippen LogP contribution in [-0.2, 0) is 4.79 Å². The van der Waals surface area contributed by atoms with Crippen LogP contribution < -0.4 is 21.5 Å². The molecule has 9 heteroatoms. The Balaban J connectivity index is 1.98. The topological polar surface area (TPSA) is 112 Å². The van der Waals surface area contributed by atoms with Gasteiger partial charge in [0.25, 0.3) is 5.56 Å². The molecule has 1 amide bonds. The highest BCUT2D eigenvalue weighted by Gasteiger charge is 2.10. The van der Waals surface area contributed by atoms with E-state index in [4.69, 9.17) is 10.6 Å². The van der Waals surface area contributed by atoms with Crippen molar-refractivity contribution in [1.82, 2.24) is 14.9 Å². The van der Waals surface area contributed by atoms with Gasteiger partial charge in [-0.25, -0.2) is 0 Å². The minimum Gasteiger partial charge on any atom is -0.497 e. The lowest BCUT2D eigenvalue weighted by molar-refractivity contribution is -0.113. The number of methoxy groups -OCH3 is 1. The Hall–Kier alpha value is -2.55. The maximum absolute atomic E-state index is 11.9. The van der Waals surface area contributed by atoms with Crippen LogP contribution in [0.15, 0.2) is 34.2 Å². The van der Waals surface area contributed by atoms with Gasteiger partial charge in [0.1, 0.15) is 11.4 Å². The summed E-state index contributed by atoms with van der Waals surface area (Å²) in [6.45, 7) is 1.52. The molecule has 0 fully saturated rings. The normalized spacial score (nSPS) is 10.3. The van der Waals surface area contributed by atoms with Gasteiger partial charge in [0, 0.05) is 11.8 Å². The molecule has 0 saturated carbocycles. The Morgan fingerprint density at radius 3 is 2.95 bits per heavy atom. The predicted molar refractivity (Wildman–Crippen MR) is 83.5 cm³/mol. The zero-order chi connectivity index (χ0) is 16.1. The van der Waals surface area contributed by atoms with E-state index in [9.17, 15) is 9.59 Å². The number of ether oxygens (including phenoxy) is 1. The van der Waals surface area contributed by atoms with E-state index in [2.05, 4.69) is 15.5 Å². The summed E-state index contributed by atoms with van der Waals surface area (Å²) in [6.07, 6.45) is 0. The van der Waals surface area contributed by atoms with E-state index in [1.54, 1.807) is 31.4 Å². The number of hydrogen-bond donors (Lipinski definition) is 2. The van der Waals surface area contributed by atoms with Crippen LogP contribution in [0.2, 0.25) is 0 Å². The van der Waals surface area contributed by atoms with Crippen LogP contribution in [0, 0.1) is 6.92 Å². The molecule has 1 heterocycles. The van der Waals surface area contributed by atoms with Crippen molar-refractivity contribution in [1.29, 1.82) is 0 Å². The fourth-order valence-electron chi connectivity index (χ4n) is 1.60. The van der Waals surface area contributed by atoms with E-state index in [1.165, 1.54) is 6.92 Å². The standard InChI is InChI=1S/C13H15N5O3S/c1-8-12(20)18(14)13(17-16-8)22-7-11(19)15-9-4-3-5-10(6-9)21-2/h3-6H,7,14H2,1-2H3,(H,15,19). The number of aromatic nitrogens is 3. The molecule has 0 aliphatic heterocycles. The maximum atomic E-state index is 11.9. The molecule has 0 unspecified atom stereocenters. The van der Waals surface area contributed by atoms with Gasteiger partial charge in [0.15, 0.2) is 0 Å². The summed E-state index contributed by atoms with van der Waals surface area (Å²) in [4.78, 5) is 23.5. The largest absolute Gasteiger partial charge is 0.497 e. The molecular weight excluding hydrogens is 306 g/mol. The van der Waals surface area contributed by atoms with Gasteiger partial charge < -0.3 is 15.9 Å². The fourth-order valence-corrected chi connectivity index (χ4v) is 2.25. The Labute approximate surface area is 130 Å². The lowest BCUT2D eigenvalue weighted by atomic mass is 10.3. The fraction of sp³-hybridized carbons (Fsp3) is 0.231. The van der Waals surface area contributed by atoms with E-state index in [0.29, 0.717) is 11.4 Å². The van der Waals surface area contributed by atoms with Gasteiger partial charge in [0.2, 0.25) is 11.1 Å². The van der Waals surface area contributed by atoms with E-state index in [-0.39, 0.29) is 22.5 Å². The number of rotatable bonds is 5. The highest BCUT2D eigenvalue weighted by molar-refractivity contribution is 7.99. The number of nitrogens with zero attached hydrogens (tertiary/aromatic N) is 3. The van der Waals surface area contributed by atoms with Crippen LogP contribution in [-0.4, -0.2) is 33.6 Å². The van der Waals surface area contributed by atoms with Crippen LogP contribution >= 0.6 is 11.8 Å². The number of benzene rings is 1. The van der Waals surface area contributed by atoms with Crippen molar-refractivity contribution >= 4 is 23.4 Å². The Kier molecular flexibility index (Phi) is 4.99. The summed E-state index contributed by atoms with van der Waals surface area (Å²) in [5.74, 6) is 6.03. The highest BCUT2D eigenvalue weighted by Crippen LogP contribution is 2.17. The minimum atomic E-state index is -0.439. The molecule has 0 atom stereocenters. The van der Waals surface area contributed by atoms with Crippen molar-refractivity contribution < 1.29 is 9.53 Å². The first-order chi connectivity index (χ1) is 10.5. The third-order valence-corrected chi connectivity index (χ3v) is 3.65. The Morgan fingerprint density at radius 2 is 2.23 bits per heavy atom. The molecule has 1 aromatic carbocycles. The van der Waals surface area contributed by atoms with Gasteiger partial charge >= 0.3 is 0 Å². The van der Waals surface area contributed by atoms with Gasteiger partial charge in [0.05, 0.1) is 12.9 Å². The molecule has 0 saturated heterocycles. The molecule has 0 aliphatic rings. The summed E-state index contributed by atoms with van der Waals surface area (Å²) in [5.41, 5.74) is 0.378. The van der Waals surface area contributed by atoms with Crippen molar-refractivity contribution in [2.75, 3.05) is 24.0 Å². The first kappa shape index (κ1) is 15.8. The molecular formula is C13H15N5O3S. The number of amides is 1. The summed E-state index contributed by atoms with van der Waals surface area (Å²) >= 11 is 1.03. The molecule has 0 bridgehead atoms. The molecule has 2 aromatic rings. The van der Waals surface area contributed by atoms with Gasteiger partial charge in [-0.1, -0.05) is 17.8 Å². The second kappa shape index (κ2) is 6.94. The second-order valence-electron chi connectivity index (χ2n) is 4.31. The Bertz CT molecular complexity index is 747. The average Bonchev–Trinajstić information content (AvgIpc) is 2.52. The molecule has 1 aromatic heterocycles. The predicted octanol–water partition coefficient (Wildman–Crippen LogP) is 0.400. The zero-order valence-electron chi connectivity index (χ0n) is 12.1. The first-order valence-corrected chi connectivity index (χ1v) is 7.28. The summed E-state index contributed by atoms with van der Waals surface area (Å²) in [6, 6.07) is 6.99. The van der Waals surface area contributed by atoms with Crippen molar-refractivity contribution in [2.45, 2.75) is 12.1 Å². The molecule has 0 radical (unpaired) electrons. The quantitative estimate of drug-likeness (QED) is 0.605. The van der Waals surface area contributed by atoms with Crippen molar-refractivity contribution in [3.8, 4) is 5.75 Å². The highest BCUT2D eigenvalue weighted by atomic mass is 32.2. The summed E-state index contributed by atoms with van der Waals surface area (Å²) < 4.78 is 5.96. The number of anilines is 1. The van der Waals surface area contributed by atoms with Crippen LogP contribution in [0.4, 0.5) is 5.69 Å². The molecule has 0 aliphatic carbocycles. The number of carbonyl (C=O) groups excluding carboxylic acids is 1. The zero-order valence-corrected chi connectivity index (χ0v) is 12.9. The van der Waals surface area contributed by atoms with Gasteiger partial charge in [-0.2, -0.15) is 4.68 Å². The number of nitrogen functional groups attached to an aromatic ring is 1. The minimum absolute atomic E-state index is 0.0472. The third-order valence-electron chi connectivity index (χ3n) is 2.71. The van der Waals surface area contributed by atoms with Gasteiger partial charge in [-0.3, -0.25) is 9.59 Å². The lowest BCUT2D eigenvalue weighted by Gasteiger charge is -2.08. The third kappa shape index (κ3) is 3.76. The number of thioether (sulfide) groups is 1. The van der Waals surface area contributed by atoms with Crippen molar-refractivity contribution in [3.05, 3.63) is 40.3 Å². The molecule has 116 valence electrons. The van der Waals surface area contributed by atoms with Gasteiger partial charge in [-0.15, -0.1) is 10.2 Å². The molecule has 8 nitrogen and oxygen atoms in total. The number of aryl methyl sites for hydroxylation is 1. The molecule has 0 spiro atoms. The van der Waals surface area contributed by atoms with Crippen LogP contribution in [0.1, 0.15) is 5.69 Å². The molecule has 2 rings (SSSR count). The van der Waals surface area contributed by atoms with E-state index < -0.39 is 5.56 Å². The molecule has 22 heavy (non-hydrogen) atoms. The smallest absolute Gasteiger partial charge is 0.294 e. The van der Waals surface area contributed by atoms with Crippen LogP contribution in [0.25, 0.3) is 0 Å². The Morgan fingerprint density at radius 1 is 1.45 bits per heavy atom. The van der Waals surface area contributed by atoms with Crippen LogP contribution in [0.3, 0.4) is 0 Å². The molecule has 3 N–H and O–H groups in total. The lowest BCUT2D eigenvalue weighted by Crippen LogP contribution is -2.32. The monoisotopic (exact) mass is 321 g/mol. The summed E-state index contributed by atoms with van der Waals surface area (Å²) in [5, 5.41) is 10.4. The van der Waals surface area contributed by atoms with Gasteiger partial charge in [-0.05, 0) is 19.1 Å². The number of carbonyl (C=O) groups is 1. The maximum Gasteiger partial charge on any atom is 0.294 e. The second-order valence-corrected chi connectivity index (χ2v) is 5.25. The van der Waals surface area contributed by atoms with Crippen molar-refractivity contribution in [3.63, 3.8) is 0 Å². The average molecular weight is 321 g/mol. The number of nitrogens with two attached hydrogens (primary N) is 1. The van der Waals surface area contributed by atoms with Crippen LogP contribution in [0.5, 0.6) is 5.75 Å². The number of nitrogens with one attached hydrogen (secondary N) is 1. The first-order valence-electron chi connectivity index (χ1n) is 6.29. The SMILES string of the molecule is COc1cccc(NC(=O)CSc2nnc(C)c(=O)n2N)c1. The van der Waals surface area contributed by atoms with E-state index in [0.717, 1.165) is 16.4 Å². The van der Waals surface area contributed by atoms with E-state index in [1.807, 2.05) is 0 Å². The van der Waals surface area contributed by atoms with E-state index >= 15 is 0 Å². The van der Waals surface area contributed by atoms with Crippen molar-refractivity contribution in [2.24, 2.45) is 0 Å². The number of hydrogen-bond acceptors (Lipinski definition) is 7. The summed E-state index contributed by atoms with van der Waals surface area (Å²) in [7, 11) is 1.55.